The molecule has 3 aromatic rings. The molecule has 0 amide bonds. The Bertz CT molecular complexity index is 748. The molecular formula is C11H8N4O3. The fourth-order valence-electron chi connectivity index (χ4n) is 1.48. The first-order valence-electron chi connectivity index (χ1n) is 5.19. The number of aromatic nitrogens is 2. The van der Waals surface area contributed by atoms with Crippen LogP contribution in [0.2, 0.25) is 0 Å². The van der Waals surface area contributed by atoms with Gasteiger partial charge in [0.15, 0.2) is 11.3 Å². The second-order valence-electron chi connectivity index (χ2n) is 3.63. The van der Waals surface area contributed by atoms with Crippen molar-refractivity contribution in [2.24, 2.45) is 10.2 Å². The van der Waals surface area contributed by atoms with E-state index in [-0.39, 0.29) is 11.7 Å². The molecule has 1 N–H and O–H groups in total. The zero-order valence-electron chi connectivity index (χ0n) is 9.38. The Morgan fingerprint density at radius 1 is 1.28 bits per heavy atom. The van der Waals surface area contributed by atoms with Gasteiger partial charge in [0.1, 0.15) is 5.52 Å². The Morgan fingerprint density at radius 3 is 2.83 bits per heavy atom. The number of nitrogens with zero attached hydrogens (tertiary/aromatic N) is 3. The van der Waals surface area contributed by atoms with Gasteiger partial charge >= 0.3 is 11.6 Å². The minimum absolute atomic E-state index is 0.0937. The summed E-state index contributed by atoms with van der Waals surface area (Å²) < 4.78 is 9.89. The number of aromatic amines is 1. The molecular weight excluding hydrogens is 236 g/mol. The Balaban J connectivity index is 1.99. The number of hydrogen-bond acceptors (Lipinski definition) is 6. The third-order valence-electron chi connectivity index (χ3n) is 2.36. The summed E-state index contributed by atoms with van der Waals surface area (Å²) in [5.74, 6) is 0. The van der Waals surface area contributed by atoms with E-state index in [1.807, 2.05) is 12.1 Å². The third kappa shape index (κ3) is 1.71. The number of para-hydroxylation sites is 2. The van der Waals surface area contributed by atoms with E-state index in [1.165, 1.54) is 0 Å². The van der Waals surface area contributed by atoms with Crippen molar-refractivity contribution in [1.29, 1.82) is 0 Å². The average molecular weight is 244 g/mol. The molecule has 0 saturated carbocycles. The summed E-state index contributed by atoms with van der Waals surface area (Å²) in [7, 11) is 0. The van der Waals surface area contributed by atoms with Crippen LogP contribution in [0.3, 0.4) is 0 Å². The molecule has 0 aliphatic rings. The van der Waals surface area contributed by atoms with Crippen molar-refractivity contribution < 1.29 is 8.94 Å². The number of hydrogen-bond donors (Lipinski definition) is 1. The lowest BCUT2D eigenvalue weighted by Crippen LogP contribution is -1.89. The molecule has 0 atom stereocenters. The summed E-state index contributed by atoms with van der Waals surface area (Å²) in [6, 6.07) is 7.34. The summed E-state index contributed by atoms with van der Waals surface area (Å²) in [5.41, 5.74) is 1.33. The lowest BCUT2D eigenvalue weighted by molar-refractivity contribution is 0.388. The van der Waals surface area contributed by atoms with E-state index in [9.17, 15) is 4.79 Å². The van der Waals surface area contributed by atoms with Crippen molar-refractivity contribution >= 4 is 22.8 Å². The average Bonchev–Trinajstić information content (AvgIpc) is 2.91. The minimum Gasteiger partial charge on any atom is -0.421 e. The second kappa shape index (κ2) is 3.95. The van der Waals surface area contributed by atoms with Gasteiger partial charge in [0, 0.05) is 0 Å². The summed E-state index contributed by atoms with van der Waals surface area (Å²) in [4.78, 5) is 15.3. The molecule has 2 heterocycles. The van der Waals surface area contributed by atoms with Gasteiger partial charge in [-0.15, -0.1) is 5.11 Å². The Hall–Kier alpha value is -2.70. The van der Waals surface area contributed by atoms with Crippen LogP contribution in [0.25, 0.3) is 11.1 Å². The third-order valence-corrected chi connectivity index (χ3v) is 2.36. The predicted molar refractivity (Wildman–Crippen MR) is 62.3 cm³/mol. The first kappa shape index (κ1) is 10.5. The standard InChI is InChI=1S/C11H8N4O3/c1-6-9(10(16)18-15-6)13-14-11-12-7-4-2-3-5-8(7)17-11/h2-5,15H,1H3. The first-order chi connectivity index (χ1) is 8.74. The number of H-pyrrole nitrogens is 1. The van der Waals surface area contributed by atoms with Crippen LogP contribution in [0.4, 0.5) is 11.7 Å². The largest absolute Gasteiger partial charge is 0.421 e. The van der Waals surface area contributed by atoms with Gasteiger partial charge in [-0.1, -0.05) is 17.2 Å². The van der Waals surface area contributed by atoms with E-state index in [4.69, 9.17) is 4.42 Å². The van der Waals surface area contributed by atoms with Crippen LogP contribution in [0, 0.1) is 6.92 Å². The number of fused-ring (bicyclic) bond motifs is 1. The summed E-state index contributed by atoms with van der Waals surface area (Å²) in [6.45, 7) is 1.66. The van der Waals surface area contributed by atoms with Crippen LogP contribution in [-0.2, 0) is 0 Å². The number of oxazole rings is 1. The number of rotatable bonds is 2. The second-order valence-corrected chi connectivity index (χ2v) is 3.63. The fraction of sp³-hybridized carbons (Fsp3) is 0.0909. The minimum atomic E-state index is -0.577. The van der Waals surface area contributed by atoms with Crippen LogP contribution in [0.15, 0.2) is 48.2 Å². The number of benzene rings is 1. The number of nitrogens with one attached hydrogen (secondary N) is 1. The van der Waals surface area contributed by atoms with Gasteiger partial charge in [0.2, 0.25) is 0 Å². The maximum Gasteiger partial charge on any atom is 0.384 e. The Labute approximate surface area is 100 Å². The Morgan fingerprint density at radius 2 is 2.11 bits per heavy atom. The van der Waals surface area contributed by atoms with Crippen LogP contribution in [-0.4, -0.2) is 10.1 Å². The van der Waals surface area contributed by atoms with Gasteiger partial charge in [0.25, 0.3) is 0 Å². The molecule has 0 fully saturated rings. The zero-order chi connectivity index (χ0) is 12.5. The SMILES string of the molecule is Cc1[nH]oc(=O)c1N=Nc1nc2ccccc2o1. The Kier molecular flexibility index (Phi) is 2.30. The van der Waals surface area contributed by atoms with Gasteiger partial charge in [-0.2, -0.15) is 4.98 Å². The highest BCUT2D eigenvalue weighted by molar-refractivity contribution is 5.73. The van der Waals surface area contributed by atoms with Gasteiger partial charge < -0.3 is 8.94 Å². The summed E-state index contributed by atoms with van der Waals surface area (Å²) in [6.07, 6.45) is 0. The molecule has 7 heteroatoms. The highest BCUT2D eigenvalue weighted by Gasteiger charge is 2.08. The van der Waals surface area contributed by atoms with Crippen molar-refractivity contribution in [1.82, 2.24) is 10.1 Å². The monoisotopic (exact) mass is 244 g/mol. The number of azo groups is 1. The normalized spacial score (nSPS) is 11.6. The van der Waals surface area contributed by atoms with E-state index < -0.39 is 5.63 Å². The molecule has 0 aliphatic heterocycles. The molecule has 0 saturated heterocycles. The van der Waals surface area contributed by atoms with Crippen LogP contribution >= 0.6 is 0 Å². The molecule has 0 unspecified atom stereocenters. The maximum absolute atomic E-state index is 11.2. The molecule has 3 rings (SSSR count). The molecule has 0 spiro atoms. The van der Waals surface area contributed by atoms with Gasteiger partial charge in [-0.05, 0) is 19.1 Å². The number of aryl methyl sites for hydroxylation is 1. The fourth-order valence-corrected chi connectivity index (χ4v) is 1.48. The van der Waals surface area contributed by atoms with Gasteiger partial charge in [-0.3, -0.25) is 0 Å². The maximum atomic E-state index is 11.2. The van der Waals surface area contributed by atoms with E-state index in [1.54, 1.807) is 19.1 Å². The van der Waals surface area contributed by atoms with Crippen molar-refractivity contribution in [2.45, 2.75) is 6.92 Å². The van der Waals surface area contributed by atoms with E-state index >= 15 is 0 Å². The predicted octanol–water partition coefficient (Wildman–Crippen LogP) is 2.83. The highest BCUT2D eigenvalue weighted by Crippen LogP contribution is 2.22. The quantitative estimate of drug-likeness (QED) is 0.701. The molecule has 90 valence electrons. The van der Waals surface area contributed by atoms with Crippen molar-refractivity contribution in [3.8, 4) is 0 Å². The molecule has 0 aliphatic carbocycles. The smallest absolute Gasteiger partial charge is 0.384 e. The lowest BCUT2D eigenvalue weighted by Gasteiger charge is -1.82. The molecule has 0 radical (unpaired) electrons. The van der Waals surface area contributed by atoms with Crippen molar-refractivity contribution in [3.05, 3.63) is 40.4 Å². The lowest BCUT2D eigenvalue weighted by atomic mass is 10.3. The van der Waals surface area contributed by atoms with Crippen LogP contribution in [0.1, 0.15) is 5.69 Å². The summed E-state index contributed by atoms with van der Waals surface area (Å²) in [5, 5.41) is 9.94. The molecule has 18 heavy (non-hydrogen) atoms. The van der Waals surface area contributed by atoms with E-state index in [0.717, 1.165) is 0 Å². The molecule has 7 nitrogen and oxygen atoms in total. The topological polar surface area (TPSA) is 96.8 Å². The first-order valence-corrected chi connectivity index (χ1v) is 5.19. The molecule has 0 bridgehead atoms. The van der Waals surface area contributed by atoms with E-state index in [0.29, 0.717) is 16.8 Å². The molecule has 1 aromatic carbocycles. The van der Waals surface area contributed by atoms with E-state index in [2.05, 4.69) is 24.9 Å². The summed E-state index contributed by atoms with van der Waals surface area (Å²) >= 11 is 0. The highest BCUT2D eigenvalue weighted by atomic mass is 16.5. The van der Waals surface area contributed by atoms with Gasteiger partial charge in [0.05, 0.1) is 5.69 Å². The van der Waals surface area contributed by atoms with Gasteiger partial charge in [-0.25, -0.2) is 9.95 Å². The van der Waals surface area contributed by atoms with Crippen molar-refractivity contribution in [3.63, 3.8) is 0 Å². The van der Waals surface area contributed by atoms with Crippen LogP contribution in [0.5, 0.6) is 0 Å². The zero-order valence-corrected chi connectivity index (χ0v) is 9.38. The van der Waals surface area contributed by atoms with Crippen LogP contribution < -0.4 is 5.63 Å². The van der Waals surface area contributed by atoms with Crippen molar-refractivity contribution in [2.75, 3.05) is 0 Å². The molecule has 2 aromatic heterocycles.